The number of carboxylic acid groups (broad SMARTS) is 1. The summed E-state index contributed by atoms with van der Waals surface area (Å²) in [5.41, 5.74) is -0.766. The first-order valence-electron chi connectivity index (χ1n) is 4.01. The second kappa shape index (κ2) is 6.75. The predicted octanol–water partition coefficient (Wildman–Crippen LogP) is -1.000. The van der Waals surface area contributed by atoms with Gasteiger partial charge in [-0.1, -0.05) is 11.6 Å². The van der Waals surface area contributed by atoms with Crippen LogP contribution in [0.15, 0.2) is 12.1 Å². The summed E-state index contributed by atoms with van der Waals surface area (Å²) in [4.78, 5) is 19.7. The molecule has 0 radical (unpaired) electrons. The molecule has 88 valence electrons. The van der Waals surface area contributed by atoms with Gasteiger partial charge in [0, 0.05) is 12.1 Å². The van der Waals surface area contributed by atoms with E-state index in [9.17, 15) is 19.3 Å². The molecule has 0 aliphatic heterocycles. The summed E-state index contributed by atoms with van der Waals surface area (Å²) in [6.45, 7) is -0.461. The number of nitrogens with one attached hydrogen (secondary N) is 1. The van der Waals surface area contributed by atoms with Crippen molar-refractivity contribution in [3.05, 3.63) is 33.1 Å². The van der Waals surface area contributed by atoms with E-state index >= 15 is 0 Å². The van der Waals surface area contributed by atoms with Gasteiger partial charge in [-0.2, -0.15) is 4.39 Å². The fourth-order valence-corrected chi connectivity index (χ4v) is 1.21. The van der Waals surface area contributed by atoms with Gasteiger partial charge in [-0.05, 0) is 0 Å². The SMILES string of the molecule is O=C(O)CNc1cc(F)c([N+](=O)[O-])cc1Cl.[H-].[Na+]. The molecule has 6 nitrogen and oxygen atoms in total. The largest absolute Gasteiger partial charge is 1.00 e. The van der Waals surface area contributed by atoms with Crippen molar-refractivity contribution in [3.63, 3.8) is 0 Å². The minimum Gasteiger partial charge on any atom is -1.00 e. The molecule has 17 heavy (non-hydrogen) atoms. The monoisotopic (exact) mass is 272 g/mol. The number of nitro benzene ring substituents is 1. The number of nitro groups is 1. The van der Waals surface area contributed by atoms with E-state index in [0.717, 1.165) is 12.1 Å². The minimum absolute atomic E-state index is 0. The van der Waals surface area contributed by atoms with Gasteiger partial charge in [-0.3, -0.25) is 14.9 Å². The first-order chi connectivity index (χ1) is 7.41. The van der Waals surface area contributed by atoms with Gasteiger partial charge in [0.25, 0.3) is 0 Å². The van der Waals surface area contributed by atoms with Crippen LogP contribution >= 0.6 is 11.6 Å². The summed E-state index contributed by atoms with van der Waals surface area (Å²) in [5, 5.41) is 20.9. The molecule has 0 spiro atoms. The van der Waals surface area contributed by atoms with Gasteiger partial charge >= 0.3 is 41.2 Å². The standard InChI is InChI=1S/C8H6ClFN2O4.Na.H/c9-4-1-7(12(15)16)5(10)2-6(4)11-3-8(13)14;;/h1-2,11H,3H2,(H,13,14);;/q;+1;-1. The maximum absolute atomic E-state index is 13.1. The molecule has 0 heterocycles. The Kier molecular flexibility index (Phi) is 6.40. The van der Waals surface area contributed by atoms with Crippen LogP contribution in [0.3, 0.4) is 0 Å². The summed E-state index contributed by atoms with van der Waals surface area (Å²) in [5.74, 6) is -2.24. The number of aliphatic carboxylic acids is 1. The Morgan fingerprint density at radius 3 is 2.71 bits per heavy atom. The molecule has 0 amide bonds. The van der Waals surface area contributed by atoms with E-state index in [0.29, 0.717) is 0 Å². The van der Waals surface area contributed by atoms with Crippen LogP contribution in [-0.4, -0.2) is 22.5 Å². The van der Waals surface area contributed by atoms with Crippen LogP contribution in [0, 0.1) is 15.9 Å². The summed E-state index contributed by atoms with van der Waals surface area (Å²) < 4.78 is 13.1. The van der Waals surface area contributed by atoms with Gasteiger partial charge in [0.15, 0.2) is 0 Å². The van der Waals surface area contributed by atoms with Crippen LogP contribution in [0.4, 0.5) is 15.8 Å². The molecule has 1 aromatic rings. The van der Waals surface area contributed by atoms with Crippen molar-refractivity contribution >= 4 is 28.9 Å². The molecule has 0 atom stereocenters. The van der Waals surface area contributed by atoms with Crippen LogP contribution in [-0.2, 0) is 4.79 Å². The van der Waals surface area contributed by atoms with E-state index in [1.807, 2.05) is 0 Å². The quantitative estimate of drug-likeness (QED) is 0.417. The zero-order valence-corrected chi connectivity index (χ0v) is 11.5. The van der Waals surface area contributed by atoms with E-state index in [2.05, 4.69) is 5.32 Å². The summed E-state index contributed by atoms with van der Waals surface area (Å²) in [6, 6.07) is 1.60. The Morgan fingerprint density at radius 1 is 1.65 bits per heavy atom. The average molecular weight is 273 g/mol. The number of halogens is 2. The van der Waals surface area contributed by atoms with Crippen LogP contribution < -0.4 is 34.9 Å². The van der Waals surface area contributed by atoms with Gasteiger partial charge < -0.3 is 11.8 Å². The average Bonchev–Trinajstić information content (AvgIpc) is 2.18. The molecule has 0 unspecified atom stereocenters. The topological polar surface area (TPSA) is 92.5 Å². The van der Waals surface area contributed by atoms with Crippen LogP contribution in [0.25, 0.3) is 0 Å². The van der Waals surface area contributed by atoms with Gasteiger partial charge in [0.2, 0.25) is 5.82 Å². The molecular weight excluding hydrogens is 266 g/mol. The zero-order chi connectivity index (χ0) is 12.3. The van der Waals surface area contributed by atoms with Crippen LogP contribution in [0.1, 0.15) is 1.43 Å². The van der Waals surface area contributed by atoms with Crippen molar-refractivity contribution in [2.75, 3.05) is 11.9 Å². The molecule has 0 aliphatic carbocycles. The smallest absolute Gasteiger partial charge is 1.00 e. The normalized spacial score (nSPS) is 9.29. The van der Waals surface area contributed by atoms with E-state index in [-0.39, 0.29) is 41.7 Å². The van der Waals surface area contributed by atoms with Crippen LogP contribution in [0.2, 0.25) is 5.02 Å². The van der Waals surface area contributed by atoms with Crippen molar-refractivity contribution in [3.8, 4) is 0 Å². The summed E-state index contributed by atoms with van der Waals surface area (Å²) in [7, 11) is 0. The van der Waals surface area contributed by atoms with Crippen molar-refractivity contribution in [1.82, 2.24) is 0 Å². The van der Waals surface area contributed by atoms with Crippen LogP contribution in [0.5, 0.6) is 0 Å². The minimum atomic E-state index is -1.16. The second-order valence-electron chi connectivity index (χ2n) is 2.79. The first-order valence-corrected chi connectivity index (χ1v) is 4.38. The number of anilines is 1. The van der Waals surface area contributed by atoms with E-state index in [1.165, 1.54) is 0 Å². The number of rotatable bonds is 4. The molecule has 9 heteroatoms. The van der Waals surface area contributed by atoms with Crippen molar-refractivity contribution in [2.45, 2.75) is 0 Å². The summed E-state index contributed by atoms with van der Waals surface area (Å²) >= 11 is 5.60. The first kappa shape index (κ1) is 16.1. The van der Waals surface area contributed by atoms with Gasteiger partial charge in [-0.15, -0.1) is 0 Å². The Morgan fingerprint density at radius 2 is 2.24 bits per heavy atom. The molecule has 0 aliphatic rings. The Bertz CT molecular complexity index is 463. The molecule has 0 aromatic heterocycles. The number of carboxylic acids is 1. The maximum Gasteiger partial charge on any atom is 1.00 e. The number of nitrogens with zero attached hydrogens (tertiary/aromatic N) is 1. The Labute approximate surface area is 124 Å². The van der Waals surface area contributed by atoms with Gasteiger partial charge in [0.05, 0.1) is 15.6 Å². The van der Waals surface area contributed by atoms with Gasteiger partial charge in [0.1, 0.15) is 6.54 Å². The Balaban J connectivity index is 0. The Hall–Kier alpha value is -0.890. The number of hydrogen-bond donors (Lipinski definition) is 2. The zero-order valence-electron chi connectivity index (χ0n) is 9.74. The molecular formula is C8H7ClFN2NaO4. The van der Waals surface area contributed by atoms with E-state index in [1.54, 1.807) is 0 Å². The molecule has 0 fully saturated rings. The molecule has 1 rings (SSSR count). The number of benzene rings is 1. The molecule has 0 saturated heterocycles. The number of hydrogen-bond acceptors (Lipinski definition) is 4. The molecule has 1 aromatic carbocycles. The van der Waals surface area contributed by atoms with Gasteiger partial charge in [-0.25, -0.2) is 0 Å². The van der Waals surface area contributed by atoms with E-state index < -0.39 is 28.9 Å². The second-order valence-corrected chi connectivity index (χ2v) is 3.20. The molecule has 2 N–H and O–H groups in total. The third-order valence-corrected chi connectivity index (χ3v) is 1.98. The maximum atomic E-state index is 13.1. The van der Waals surface area contributed by atoms with Crippen molar-refractivity contribution < 1.29 is 50.2 Å². The molecule has 0 saturated carbocycles. The molecule has 0 bridgehead atoms. The predicted molar refractivity (Wildman–Crippen MR) is 55.3 cm³/mol. The fraction of sp³-hybridized carbons (Fsp3) is 0.125. The summed E-state index contributed by atoms with van der Waals surface area (Å²) in [6.07, 6.45) is 0. The van der Waals surface area contributed by atoms with Crippen molar-refractivity contribution in [1.29, 1.82) is 0 Å². The fourth-order valence-electron chi connectivity index (χ4n) is 0.983. The number of carbonyl (C=O) groups is 1. The third kappa shape index (κ3) is 4.47. The van der Waals surface area contributed by atoms with Crippen molar-refractivity contribution in [2.24, 2.45) is 0 Å². The third-order valence-electron chi connectivity index (χ3n) is 1.66. The van der Waals surface area contributed by atoms with E-state index in [4.69, 9.17) is 16.7 Å².